The van der Waals surface area contributed by atoms with Gasteiger partial charge in [0.05, 0.1) is 0 Å². The number of carbonyl (C=O) groups is 1. The van der Waals surface area contributed by atoms with Gasteiger partial charge in [-0.05, 0) is 19.3 Å². The van der Waals surface area contributed by atoms with Crippen molar-refractivity contribution in [3.8, 4) is 0 Å². The molecule has 0 aromatic carbocycles. The van der Waals surface area contributed by atoms with Crippen molar-refractivity contribution in [2.45, 2.75) is 32.5 Å². The highest BCUT2D eigenvalue weighted by atomic mass is 32.1. The lowest BCUT2D eigenvalue weighted by molar-refractivity contribution is -0.141. The fourth-order valence-corrected chi connectivity index (χ4v) is 3.39. The zero-order chi connectivity index (χ0) is 18.2. The van der Waals surface area contributed by atoms with E-state index in [0.29, 0.717) is 36.9 Å². The molecule has 1 aliphatic heterocycles. The van der Waals surface area contributed by atoms with E-state index >= 15 is 0 Å². The van der Waals surface area contributed by atoms with Crippen molar-refractivity contribution in [3.05, 3.63) is 22.7 Å². The Balaban J connectivity index is 1.58. The molecule has 3 heterocycles. The van der Waals surface area contributed by atoms with Crippen LogP contribution < -0.4 is 5.32 Å². The van der Waals surface area contributed by atoms with E-state index in [1.807, 2.05) is 0 Å². The fraction of sp³-hybridized carbons (Fsp3) is 0.571. The summed E-state index contributed by atoms with van der Waals surface area (Å²) in [4.78, 5) is 17.3. The first-order chi connectivity index (χ1) is 11.7. The normalized spacial score (nSPS) is 17.2. The highest BCUT2D eigenvalue weighted by Crippen LogP contribution is 2.30. The number of nitrogens with one attached hydrogen (secondary N) is 1. The van der Waals surface area contributed by atoms with Gasteiger partial charge in [0, 0.05) is 32.8 Å². The quantitative estimate of drug-likeness (QED) is 0.896. The number of hydrogen-bond acceptors (Lipinski definition) is 5. The van der Waals surface area contributed by atoms with Crippen LogP contribution >= 0.6 is 11.3 Å². The van der Waals surface area contributed by atoms with Crippen LogP contribution in [0.5, 0.6) is 0 Å². The molecule has 2 amide bonds. The first-order valence-electron chi connectivity index (χ1n) is 7.68. The molecule has 0 unspecified atom stereocenters. The maximum absolute atomic E-state index is 12.7. The van der Waals surface area contributed by atoms with E-state index in [9.17, 15) is 18.0 Å². The van der Waals surface area contributed by atoms with Crippen molar-refractivity contribution in [1.29, 1.82) is 0 Å². The maximum Gasteiger partial charge on any atom is 0.434 e. The number of nitrogens with zero attached hydrogens (tertiary/aromatic N) is 5. The Labute approximate surface area is 145 Å². The molecular formula is C14H17F3N6OS. The van der Waals surface area contributed by atoms with E-state index < -0.39 is 11.9 Å². The predicted octanol–water partition coefficient (Wildman–Crippen LogP) is 2.79. The summed E-state index contributed by atoms with van der Waals surface area (Å²) < 4.78 is 39.8. The second-order valence-electron chi connectivity index (χ2n) is 6.03. The Morgan fingerprint density at radius 1 is 1.48 bits per heavy atom. The van der Waals surface area contributed by atoms with Crippen LogP contribution in [0.1, 0.15) is 22.9 Å². The zero-order valence-electron chi connectivity index (χ0n) is 13.7. The fourth-order valence-electron chi connectivity index (χ4n) is 2.80. The Bertz CT molecular complexity index is 771. The van der Waals surface area contributed by atoms with Gasteiger partial charge in [0.25, 0.3) is 0 Å². The molecule has 0 bridgehead atoms. The molecule has 1 aliphatic rings. The van der Waals surface area contributed by atoms with Gasteiger partial charge in [-0.1, -0.05) is 11.3 Å². The van der Waals surface area contributed by atoms with E-state index in [1.54, 1.807) is 14.0 Å². The van der Waals surface area contributed by atoms with Crippen molar-refractivity contribution in [2.75, 3.05) is 18.9 Å². The number of aromatic nitrogens is 4. The number of imidazole rings is 1. The summed E-state index contributed by atoms with van der Waals surface area (Å²) in [6.45, 7) is 2.63. The number of rotatable bonds is 3. The lowest BCUT2D eigenvalue weighted by Crippen LogP contribution is -2.37. The van der Waals surface area contributed by atoms with Crippen LogP contribution in [-0.4, -0.2) is 44.3 Å². The van der Waals surface area contributed by atoms with Crippen LogP contribution in [0.3, 0.4) is 0 Å². The molecule has 0 radical (unpaired) electrons. The first kappa shape index (κ1) is 17.6. The number of amides is 2. The largest absolute Gasteiger partial charge is 0.434 e. The van der Waals surface area contributed by atoms with E-state index in [0.717, 1.165) is 11.2 Å². The van der Waals surface area contributed by atoms with Gasteiger partial charge in [-0.3, -0.25) is 5.32 Å². The second-order valence-corrected chi connectivity index (χ2v) is 7.22. The van der Waals surface area contributed by atoms with Crippen LogP contribution in [-0.2, 0) is 19.1 Å². The molecule has 0 saturated carbocycles. The van der Waals surface area contributed by atoms with Crippen LogP contribution in [0.2, 0.25) is 0 Å². The lowest BCUT2D eigenvalue weighted by atomic mass is 9.99. The molecule has 11 heteroatoms. The van der Waals surface area contributed by atoms with Gasteiger partial charge in [0.1, 0.15) is 10.8 Å². The molecule has 7 nitrogen and oxygen atoms in total. The highest BCUT2D eigenvalue weighted by molar-refractivity contribution is 7.15. The first-order valence-corrected chi connectivity index (χ1v) is 8.49. The summed E-state index contributed by atoms with van der Waals surface area (Å²) >= 11 is 1.28. The lowest BCUT2D eigenvalue weighted by Gasteiger charge is -2.28. The molecule has 136 valence electrons. The van der Waals surface area contributed by atoms with Gasteiger partial charge in [-0.15, -0.1) is 10.2 Å². The third-order valence-electron chi connectivity index (χ3n) is 4.00. The van der Waals surface area contributed by atoms with Crippen LogP contribution in [0.25, 0.3) is 0 Å². The molecule has 2 aromatic heterocycles. The topological polar surface area (TPSA) is 75.9 Å². The average molecular weight is 374 g/mol. The summed E-state index contributed by atoms with van der Waals surface area (Å²) in [6, 6.07) is -0.316. The van der Waals surface area contributed by atoms with Crippen molar-refractivity contribution >= 4 is 22.5 Å². The molecule has 0 fully saturated rings. The highest BCUT2D eigenvalue weighted by Gasteiger charge is 2.36. The van der Waals surface area contributed by atoms with Gasteiger partial charge in [-0.2, -0.15) is 13.2 Å². The summed E-state index contributed by atoms with van der Waals surface area (Å²) in [5.74, 6) is 0.509. The van der Waals surface area contributed by atoms with Crippen LogP contribution in [0, 0.1) is 12.8 Å². The van der Waals surface area contributed by atoms with E-state index in [4.69, 9.17) is 0 Å². The van der Waals surface area contributed by atoms with E-state index in [2.05, 4.69) is 20.5 Å². The molecule has 1 N–H and O–H groups in total. The third-order valence-corrected chi connectivity index (χ3v) is 4.75. The number of anilines is 1. The summed E-state index contributed by atoms with van der Waals surface area (Å²) in [6.07, 6.45) is -2.24. The smallest absolute Gasteiger partial charge is 0.334 e. The van der Waals surface area contributed by atoms with Crippen molar-refractivity contribution < 1.29 is 18.0 Å². The third kappa shape index (κ3) is 4.09. The van der Waals surface area contributed by atoms with Gasteiger partial charge in [0.15, 0.2) is 5.69 Å². The van der Waals surface area contributed by atoms with E-state index in [-0.39, 0.29) is 11.9 Å². The maximum atomic E-state index is 12.7. The van der Waals surface area contributed by atoms with Crippen molar-refractivity contribution in [1.82, 2.24) is 24.6 Å². The van der Waals surface area contributed by atoms with Crippen molar-refractivity contribution in [2.24, 2.45) is 5.92 Å². The number of carbonyl (C=O) groups excluding carboxylic acids is 1. The monoisotopic (exact) mass is 374 g/mol. The minimum absolute atomic E-state index is 0.0645. The zero-order valence-corrected chi connectivity index (χ0v) is 14.5. The predicted molar refractivity (Wildman–Crippen MR) is 85.3 cm³/mol. The Morgan fingerprint density at radius 2 is 2.24 bits per heavy atom. The molecule has 3 rings (SSSR count). The van der Waals surface area contributed by atoms with Crippen molar-refractivity contribution in [3.63, 3.8) is 0 Å². The number of aryl methyl sites for hydroxylation is 2. The molecule has 0 spiro atoms. The van der Waals surface area contributed by atoms with Gasteiger partial charge < -0.3 is 9.47 Å². The Hall–Kier alpha value is -2.17. The number of fused-ring (bicyclic) bond motifs is 1. The number of urea groups is 1. The SMILES string of the molecule is Cc1nnc(NC(=O)N(C)C[C@H]2CCc3nc(C(F)(F)F)cn3C2)s1. The molecular weight excluding hydrogens is 357 g/mol. The van der Waals surface area contributed by atoms with Gasteiger partial charge >= 0.3 is 12.2 Å². The molecule has 0 saturated heterocycles. The Kier molecular flexibility index (Phi) is 4.67. The summed E-state index contributed by atoms with van der Waals surface area (Å²) in [7, 11) is 1.65. The number of alkyl halides is 3. The van der Waals surface area contributed by atoms with Gasteiger partial charge in [0.2, 0.25) is 5.13 Å². The van der Waals surface area contributed by atoms with E-state index in [1.165, 1.54) is 20.8 Å². The summed E-state index contributed by atoms with van der Waals surface area (Å²) in [5, 5.41) is 11.5. The minimum Gasteiger partial charge on any atom is -0.334 e. The molecule has 1 atom stereocenters. The average Bonchev–Trinajstić information content (AvgIpc) is 3.12. The van der Waals surface area contributed by atoms with Crippen LogP contribution in [0.4, 0.5) is 23.1 Å². The second kappa shape index (κ2) is 6.62. The van der Waals surface area contributed by atoms with Gasteiger partial charge in [-0.25, -0.2) is 9.78 Å². The number of halogens is 3. The molecule has 0 aliphatic carbocycles. The standard InChI is InChI=1S/C14H17F3N6OS/c1-8-20-21-12(25-8)19-13(24)22(2)5-9-3-4-11-18-10(14(15,16)17)7-23(11)6-9/h7,9H,3-6H2,1-2H3,(H,19,21,24)/t9-/m1/s1. The molecule has 2 aromatic rings. The Morgan fingerprint density at radius 3 is 2.88 bits per heavy atom. The number of hydrogen-bond donors (Lipinski definition) is 1. The van der Waals surface area contributed by atoms with Crippen LogP contribution in [0.15, 0.2) is 6.20 Å². The minimum atomic E-state index is -4.43. The summed E-state index contributed by atoms with van der Waals surface area (Å²) in [5.41, 5.74) is -0.860. The molecule has 25 heavy (non-hydrogen) atoms.